The maximum Gasteiger partial charge on any atom is 0.305 e. The van der Waals surface area contributed by atoms with E-state index in [0.29, 0.717) is 6.42 Å². The smallest absolute Gasteiger partial charge is 0.305 e. The van der Waals surface area contributed by atoms with E-state index in [4.69, 9.17) is 18.9 Å². The van der Waals surface area contributed by atoms with Gasteiger partial charge in [0.05, 0.1) is 13.2 Å². The molecule has 0 aromatic heterocycles. The average molecular weight is 579 g/mol. The van der Waals surface area contributed by atoms with Gasteiger partial charge < -0.3 is 54.7 Å². The number of carbonyl (C=O) groups excluding carboxylic acids is 1. The van der Waals surface area contributed by atoms with Crippen LogP contribution in [0.25, 0.3) is 0 Å². The second-order valence-electron chi connectivity index (χ2n) is 10.7. The molecule has 12 heteroatoms. The minimum absolute atomic E-state index is 0.107. The molecule has 0 radical (unpaired) electrons. The van der Waals surface area contributed by atoms with Gasteiger partial charge in [-0.25, -0.2) is 0 Å². The van der Waals surface area contributed by atoms with E-state index in [1.165, 1.54) is 25.7 Å². The SMILES string of the molecule is CCCCCC/C=C\CCCCCCCC(=O)OC[C@@]1(O[C@H]2O[C@H](CO)[C@@H](O)[C@H](O)[C@H]2O)O[C@H](CO)[C@@H](O)[C@@H]1O. The van der Waals surface area contributed by atoms with Crippen LogP contribution in [-0.2, 0) is 23.7 Å². The average Bonchev–Trinajstić information content (AvgIpc) is 3.19. The van der Waals surface area contributed by atoms with Crippen molar-refractivity contribution in [2.75, 3.05) is 19.8 Å². The highest BCUT2D eigenvalue weighted by Gasteiger charge is 2.59. The highest BCUT2D eigenvalue weighted by atomic mass is 16.8. The van der Waals surface area contributed by atoms with Gasteiger partial charge in [-0.3, -0.25) is 4.79 Å². The molecule has 2 rings (SSSR count). The van der Waals surface area contributed by atoms with E-state index in [0.717, 1.165) is 38.5 Å². The Morgan fingerprint density at radius 3 is 1.98 bits per heavy atom. The zero-order valence-electron chi connectivity index (χ0n) is 23.6. The van der Waals surface area contributed by atoms with Crippen molar-refractivity contribution in [1.82, 2.24) is 0 Å². The third kappa shape index (κ3) is 10.3. The van der Waals surface area contributed by atoms with E-state index in [9.17, 15) is 40.5 Å². The van der Waals surface area contributed by atoms with Gasteiger partial charge in [-0.1, -0.05) is 57.6 Å². The normalized spacial score (nSPS) is 34.5. The summed E-state index contributed by atoms with van der Waals surface area (Å²) in [5.74, 6) is -2.85. The quantitative estimate of drug-likeness (QED) is 0.0635. The largest absolute Gasteiger partial charge is 0.460 e. The van der Waals surface area contributed by atoms with Crippen LogP contribution in [0.5, 0.6) is 0 Å². The number of aliphatic hydroxyl groups excluding tert-OH is 7. The number of esters is 1. The zero-order chi connectivity index (χ0) is 29.5. The summed E-state index contributed by atoms with van der Waals surface area (Å²) in [4.78, 5) is 12.4. The molecule has 2 aliphatic heterocycles. The van der Waals surface area contributed by atoms with Crippen molar-refractivity contribution in [3.05, 3.63) is 12.2 Å². The Morgan fingerprint density at radius 1 is 0.775 bits per heavy atom. The Morgan fingerprint density at radius 2 is 1.38 bits per heavy atom. The minimum Gasteiger partial charge on any atom is -0.460 e. The topological polar surface area (TPSA) is 196 Å². The fraction of sp³-hybridized carbons (Fsp3) is 0.893. The monoisotopic (exact) mass is 578 g/mol. The van der Waals surface area contributed by atoms with Crippen molar-refractivity contribution >= 4 is 5.97 Å². The Balaban J connectivity index is 1.78. The van der Waals surface area contributed by atoms with Crippen molar-refractivity contribution in [2.24, 2.45) is 0 Å². The molecule has 0 saturated carbocycles. The molecule has 12 nitrogen and oxygen atoms in total. The maximum absolute atomic E-state index is 12.4. The molecule has 9 atom stereocenters. The van der Waals surface area contributed by atoms with Crippen molar-refractivity contribution in [2.45, 2.75) is 139 Å². The van der Waals surface area contributed by atoms with Gasteiger partial charge in [0.15, 0.2) is 6.29 Å². The van der Waals surface area contributed by atoms with Crippen molar-refractivity contribution in [1.29, 1.82) is 0 Å². The van der Waals surface area contributed by atoms with Gasteiger partial charge in [0.2, 0.25) is 5.79 Å². The van der Waals surface area contributed by atoms with Gasteiger partial charge >= 0.3 is 5.97 Å². The lowest BCUT2D eigenvalue weighted by atomic mass is 9.99. The number of carbonyl (C=O) groups is 1. The molecule has 2 heterocycles. The fourth-order valence-corrected chi connectivity index (χ4v) is 4.86. The summed E-state index contributed by atoms with van der Waals surface area (Å²) in [6, 6.07) is 0. The summed E-state index contributed by atoms with van der Waals surface area (Å²) < 4.78 is 21.7. The number of aliphatic hydroxyl groups is 7. The van der Waals surface area contributed by atoms with Crippen LogP contribution in [0.3, 0.4) is 0 Å². The molecule has 2 saturated heterocycles. The lowest BCUT2D eigenvalue weighted by Crippen LogP contribution is -2.62. The first-order valence-electron chi connectivity index (χ1n) is 14.6. The standard InChI is InChI=1S/C28H50O12/c1-2-3-4-5-6-7-8-9-10-11-12-13-14-15-21(31)37-18-28(26(36)23(33)20(17-30)39-28)40-27-25(35)24(34)22(32)19(16-29)38-27/h7-8,19-20,22-27,29-30,32-36H,2-6,9-18H2,1H3/b8-7-/t19-,20-,22-,23-,24+,25-,26+,27-,28+/m1/s1. The molecule has 2 aliphatic rings. The first kappa shape index (κ1) is 35.0. The molecule has 0 unspecified atom stereocenters. The summed E-state index contributed by atoms with van der Waals surface area (Å²) >= 11 is 0. The number of allylic oxidation sites excluding steroid dienone is 2. The van der Waals surface area contributed by atoms with E-state index in [-0.39, 0.29) is 6.42 Å². The van der Waals surface area contributed by atoms with Crippen LogP contribution in [0.4, 0.5) is 0 Å². The van der Waals surface area contributed by atoms with Crippen LogP contribution in [-0.4, -0.2) is 116 Å². The molecule has 234 valence electrons. The van der Waals surface area contributed by atoms with Crippen molar-refractivity contribution in [3.63, 3.8) is 0 Å². The lowest BCUT2D eigenvalue weighted by Gasteiger charge is -2.43. The molecule has 0 aliphatic carbocycles. The van der Waals surface area contributed by atoms with E-state index < -0.39 is 80.6 Å². The van der Waals surface area contributed by atoms with Crippen LogP contribution in [0, 0.1) is 0 Å². The number of unbranched alkanes of at least 4 members (excludes halogenated alkanes) is 9. The zero-order valence-corrected chi connectivity index (χ0v) is 23.6. The summed E-state index contributed by atoms with van der Waals surface area (Å²) in [5.41, 5.74) is 0. The third-order valence-corrected chi connectivity index (χ3v) is 7.43. The third-order valence-electron chi connectivity index (χ3n) is 7.43. The lowest BCUT2D eigenvalue weighted by molar-refractivity contribution is -0.383. The summed E-state index contributed by atoms with van der Waals surface area (Å²) in [7, 11) is 0. The molecule has 0 aromatic rings. The van der Waals surface area contributed by atoms with Crippen molar-refractivity contribution in [3.8, 4) is 0 Å². The minimum atomic E-state index is -2.25. The molecule has 40 heavy (non-hydrogen) atoms. The molecule has 0 bridgehead atoms. The number of hydrogen-bond donors (Lipinski definition) is 7. The highest BCUT2D eigenvalue weighted by Crippen LogP contribution is 2.36. The Hall–Kier alpha value is -1.19. The highest BCUT2D eigenvalue weighted by molar-refractivity contribution is 5.69. The number of hydrogen-bond acceptors (Lipinski definition) is 12. The predicted octanol–water partition coefficient (Wildman–Crippen LogP) is 0.413. The van der Waals surface area contributed by atoms with E-state index >= 15 is 0 Å². The van der Waals surface area contributed by atoms with Crippen LogP contribution in [0.2, 0.25) is 0 Å². The van der Waals surface area contributed by atoms with Crippen LogP contribution >= 0.6 is 0 Å². The summed E-state index contributed by atoms with van der Waals surface area (Å²) in [6.07, 6.45) is 3.42. The predicted molar refractivity (Wildman–Crippen MR) is 143 cm³/mol. The number of rotatable bonds is 19. The van der Waals surface area contributed by atoms with Gasteiger partial charge in [-0.2, -0.15) is 0 Å². The Kier molecular flexibility index (Phi) is 16.1. The second-order valence-corrected chi connectivity index (χ2v) is 10.7. The fourth-order valence-electron chi connectivity index (χ4n) is 4.86. The van der Waals surface area contributed by atoms with E-state index in [1.54, 1.807) is 0 Å². The molecule has 0 amide bonds. The van der Waals surface area contributed by atoms with Gasteiger partial charge in [0, 0.05) is 6.42 Å². The molecule has 7 N–H and O–H groups in total. The molecular formula is C28H50O12. The van der Waals surface area contributed by atoms with Crippen LogP contribution in [0.1, 0.15) is 84.0 Å². The van der Waals surface area contributed by atoms with Gasteiger partial charge in [-0.05, 0) is 32.1 Å². The Labute approximate surface area is 236 Å². The molecule has 0 aromatic carbocycles. The maximum atomic E-state index is 12.4. The van der Waals surface area contributed by atoms with Gasteiger partial charge in [-0.15, -0.1) is 0 Å². The summed E-state index contributed by atoms with van der Waals surface area (Å²) in [5, 5.41) is 70.3. The first-order valence-corrected chi connectivity index (χ1v) is 14.6. The Bertz CT molecular complexity index is 734. The molecular weight excluding hydrogens is 528 g/mol. The van der Waals surface area contributed by atoms with Crippen LogP contribution < -0.4 is 0 Å². The first-order chi connectivity index (χ1) is 19.2. The summed E-state index contributed by atoms with van der Waals surface area (Å²) in [6.45, 7) is 0.0889. The van der Waals surface area contributed by atoms with Crippen molar-refractivity contribution < 1.29 is 59.5 Å². The number of ether oxygens (including phenoxy) is 4. The molecule has 0 spiro atoms. The van der Waals surface area contributed by atoms with E-state index in [1.807, 2.05) is 0 Å². The van der Waals surface area contributed by atoms with Crippen LogP contribution in [0.15, 0.2) is 12.2 Å². The van der Waals surface area contributed by atoms with Gasteiger partial charge in [0.1, 0.15) is 49.3 Å². The second kappa shape index (κ2) is 18.4. The molecule has 2 fully saturated rings. The van der Waals surface area contributed by atoms with E-state index in [2.05, 4.69) is 19.1 Å². The van der Waals surface area contributed by atoms with Gasteiger partial charge in [0.25, 0.3) is 0 Å².